The maximum absolute atomic E-state index is 12.2. The second kappa shape index (κ2) is 6.97. The van der Waals surface area contributed by atoms with Gasteiger partial charge in [0.15, 0.2) is 0 Å². The molecule has 2 amide bonds. The van der Waals surface area contributed by atoms with Gasteiger partial charge in [-0.15, -0.1) is 0 Å². The Kier molecular flexibility index (Phi) is 5.58. The van der Waals surface area contributed by atoms with Crippen LogP contribution in [-0.4, -0.2) is 55.3 Å². The Bertz CT molecular complexity index is 528. The summed E-state index contributed by atoms with van der Waals surface area (Å²) < 4.78 is 0. The van der Waals surface area contributed by atoms with Crippen LogP contribution in [0.4, 0.5) is 11.4 Å². The van der Waals surface area contributed by atoms with Gasteiger partial charge in [0.1, 0.15) is 6.04 Å². The zero-order valence-corrected chi connectivity index (χ0v) is 13.3. The molecule has 0 radical (unpaired) electrons. The first-order valence-electron chi connectivity index (χ1n) is 6.90. The van der Waals surface area contributed by atoms with E-state index in [0.29, 0.717) is 23.5 Å². The first kappa shape index (κ1) is 16.8. The smallest absolute Gasteiger partial charge is 0.255 e. The zero-order chi connectivity index (χ0) is 16.2. The molecule has 0 saturated heterocycles. The molecule has 0 heterocycles. The van der Waals surface area contributed by atoms with Crippen LogP contribution in [0.5, 0.6) is 0 Å². The largest absolute Gasteiger partial charge is 0.399 e. The molecule has 0 saturated carbocycles. The number of amides is 2. The molecule has 0 spiro atoms. The van der Waals surface area contributed by atoms with E-state index in [1.54, 1.807) is 51.2 Å². The fraction of sp³-hybridized carbons (Fsp3) is 0.467. The topological polar surface area (TPSA) is 78.7 Å². The fourth-order valence-electron chi connectivity index (χ4n) is 1.89. The van der Waals surface area contributed by atoms with E-state index in [-0.39, 0.29) is 11.8 Å². The van der Waals surface area contributed by atoms with Gasteiger partial charge in [-0.25, -0.2) is 0 Å². The normalized spacial score (nSPS) is 11.7. The van der Waals surface area contributed by atoms with Crippen LogP contribution in [0.2, 0.25) is 0 Å². The van der Waals surface area contributed by atoms with Gasteiger partial charge in [-0.1, -0.05) is 0 Å². The molecule has 1 unspecified atom stereocenters. The van der Waals surface area contributed by atoms with Crippen LogP contribution in [-0.2, 0) is 4.79 Å². The molecule has 0 aliphatic heterocycles. The number of nitrogens with one attached hydrogen (secondary N) is 1. The monoisotopic (exact) mass is 292 g/mol. The van der Waals surface area contributed by atoms with Gasteiger partial charge in [-0.05, 0) is 32.0 Å². The Balaban J connectivity index is 3.04. The number of anilines is 2. The van der Waals surface area contributed by atoms with E-state index in [4.69, 9.17) is 5.73 Å². The number of nitrogen functional groups attached to an aromatic ring is 1. The first-order valence-corrected chi connectivity index (χ1v) is 6.90. The average molecular weight is 292 g/mol. The minimum Gasteiger partial charge on any atom is -0.399 e. The molecule has 0 aliphatic rings. The molecule has 0 aromatic heterocycles. The van der Waals surface area contributed by atoms with Gasteiger partial charge >= 0.3 is 0 Å². The molecule has 21 heavy (non-hydrogen) atoms. The van der Waals surface area contributed by atoms with Gasteiger partial charge in [0.25, 0.3) is 5.91 Å². The summed E-state index contributed by atoms with van der Waals surface area (Å²) in [6.07, 6.45) is 0. The van der Waals surface area contributed by atoms with E-state index in [1.807, 2.05) is 6.92 Å². The van der Waals surface area contributed by atoms with E-state index in [1.165, 1.54) is 4.90 Å². The van der Waals surface area contributed by atoms with E-state index in [0.717, 1.165) is 0 Å². The lowest BCUT2D eigenvalue weighted by atomic mass is 10.1. The zero-order valence-electron chi connectivity index (χ0n) is 13.3. The van der Waals surface area contributed by atoms with Gasteiger partial charge in [0.05, 0.1) is 5.56 Å². The quantitative estimate of drug-likeness (QED) is 0.801. The Morgan fingerprint density at radius 1 is 1.29 bits per heavy atom. The van der Waals surface area contributed by atoms with Crippen molar-refractivity contribution in [1.82, 2.24) is 9.80 Å². The maximum atomic E-state index is 12.2. The SMILES string of the molecule is CCN(C)C(=O)C(C)Nc1cc(N)ccc1C(=O)N(C)C. The minimum atomic E-state index is -0.439. The molecule has 6 nitrogen and oxygen atoms in total. The molecule has 6 heteroatoms. The van der Waals surface area contributed by atoms with Crippen molar-refractivity contribution in [3.05, 3.63) is 23.8 Å². The number of carbonyl (C=O) groups excluding carboxylic acids is 2. The number of likely N-dealkylation sites (N-methyl/N-ethyl adjacent to an activating group) is 1. The predicted octanol–water partition coefficient (Wildman–Crippen LogP) is 1.25. The Labute approximate surface area is 125 Å². The highest BCUT2D eigenvalue weighted by atomic mass is 16.2. The summed E-state index contributed by atoms with van der Waals surface area (Å²) in [4.78, 5) is 27.4. The summed E-state index contributed by atoms with van der Waals surface area (Å²) in [6, 6.07) is 4.57. The van der Waals surface area contributed by atoms with Crippen molar-refractivity contribution in [3.63, 3.8) is 0 Å². The Morgan fingerprint density at radius 2 is 1.90 bits per heavy atom. The summed E-state index contributed by atoms with van der Waals surface area (Å²) in [5.41, 5.74) is 7.38. The van der Waals surface area contributed by atoms with Crippen LogP contribution in [0.3, 0.4) is 0 Å². The number of hydrogen-bond donors (Lipinski definition) is 2. The van der Waals surface area contributed by atoms with Crippen molar-refractivity contribution in [1.29, 1.82) is 0 Å². The van der Waals surface area contributed by atoms with Gasteiger partial charge < -0.3 is 20.9 Å². The van der Waals surface area contributed by atoms with Crippen molar-refractivity contribution in [2.24, 2.45) is 0 Å². The van der Waals surface area contributed by atoms with Crippen LogP contribution in [0.15, 0.2) is 18.2 Å². The number of nitrogens with zero attached hydrogens (tertiary/aromatic N) is 2. The third kappa shape index (κ3) is 4.11. The summed E-state index contributed by atoms with van der Waals surface area (Å²) in [5.74, 6) is -0.177. The van der Waals surface area contributed by atoms with E-state index in [9.17, 15) is 9.59 Å². The summed E-state index contributed by atoms with van der Waals surface area (Å²) in [5, 5.41) is 3.08. The molecule has 116 valence electrons. The average Bonchev–Trinajstić information content (AvgIpc) is 2.44. The lowest BCUT2D eigenvalue weighted by Crippen LogP contribution is -2.39. The highest BCUT2D eigenvalue weighted by molar-refractivity contribution is 6.00. The van der Waals surface area contributed by atoms with Crippen molar-refractivity contribution in [2.75, 3.05) is 38.7 Å². The third-order valence-electron chi connectivity index (χ3n) is 3.27. The predicted molar refractivity (Wildman–Crippen MR) is 85.3 cm³/mol. The first-order chi connectivity index (χ1) is 9.77. The molecular formula is C15H24N4O2. The van der Waals surface area contributed by atoms with E-state index >= 15 is 0 Å². The van der Waals surface area contributed by atoms with E-state index in [2.05, 4.69) is 5.32 Å². The fourth-order valence-corrected chi connectivity index (χ4v) is 1.89. The molecule has 1 atom stereocenters. The molecule has 0 fully saturated rings. The Hall–Kier alpha value is -2.24. The number of carbonyl (C=O) groups is 2. The van der Waals surface area contributed by atoms with Crippen LogP contribution in [0.25, 0.3) is 0 Å². The summed E-state index contributed by atoms with van der Waals surface area (Å²) in [6.45, 7) is 4.30. The standard InChI is InChI=1S/C15H24N4O2/c1-6-19(5)14(20)10(2)17-13-9-11(16)7-8-12(13)15(21)18(3)4/h7-10,17H,6,16H2,1-5H3. The summed E-state index contributed by atoms with van der Waals surface area (Å²) >= 11 is 0. The number of hydrogen-bond acceptors (Lipinski definition) is 4. The van der Waals surface area contributed by atoms with Gasteiger partial charge in [-0.3, -0.25) is 9.59 Å². The van der Waals surface area contributed by atoms with Gasteiger partial charge in [-0.2, -0.15) is 0 Å². The summed E-state index contributed by atoms with van der Waals surface area (Å²) in [7, 11) is 5.11. The number of rotatable bonds is 5. The van der Waals surface area contributed by atoms with Crippen molar-refractivity contribution < 1.29 is 9.59 Å². The second-order valence-electron chi connectivity index (χ2n) is 5.22. The van der Waals surface area contributed by atoms with Crippen molar-refractivity contribution in [2.45, 2.75) is 19.9 Å². The van der Waals surface area contributed by atoms with Gasteiger partial charge in [0, 0.05) is 39.1 Å². The molecule has 0 aliphatic carbocycles. The highest BCUT2D eigenvalue weighted by Crippen LogP contribution is 2.21. The molecule has 1 aromatic rings. The van der Waals surface area contributed by atoms with Crippen molar-refractivity contribution in [3.8, 4) is 0 Å². The van der Waals surface area contributed by atoms with Crippen LogP contribution < -0.4 is 11.1 Å². The minimum absolute atomic E-state index is 0.0387. The van der Waals surface area contributed by atoms with Crippen LogP contribution >= 0.6 is 0 Å². The molecule has 0 bridgehead atoms. The van der Waals surface area contributed by atoms with Crippen LogP contribution in [0, 0.1) is 0 Å². The van der Waals surface area contributed by atoms with Crippen molar-refractivity contribution >= 4 is 23.2 Å². The maximum Gasteiger partial charge on any atom is 0.255 e. The third-order valence-corrected chi connectivity index (χ3v) is 3.27. The van der Waals surface area contributed by atoms with Gasteiger partial charge in [0.2, 0.25) is 5.91 Å². The lowest BCUT2D eigenvalue weighted by Gasteiger charge is -2.23. The number of benzene rings is 1. The highest BCUT2D eigenvalue weighted by Gasteiger charge is 2.20. The molecular weight excluding hydrogens is 268 g/mol. The second-order valence-corrected chi connectivity index (χ2v) is 5.22. The lowest BCUT2D eigenvalue weighted by molar-refractivity contribution is -0.130. The number of nitrogens with two attached hydrogens (primary N) is 1. The molecule has 1 aromatic carbocycles. The van der Waals surface area contributed by atoms with E-state index < -0.39 is 6.04 Å². The van der Waals surface area contributed by atoms with Crippen LogP contribution in [0.1, 0.15) is 24.2 Å². The molecule has 1 rings (SSSR count). The molecule has 3 N–H and O–H groups in total. The Morgan fingerprint density at radius 3 is 2.43 bits per heavy atom.